The topological polar surface area (TPSA) is 47.3 Å². The van der Waals surface area contributed by atoms with Gasteiger partial charge in [-0.3, -0.25) is 11.3 Å². The van der Waals surface area contributed by atoms with Gasteiger partial charge < -0.3 is 4.74 Å². The van der Waals surface area contributed by atoms with Gasteiger partial charge in [-0.05, 0) is 53.9 Å². The van der Waals surface area contributed by atoms with Crippen LogP contribution in [0.4, 0.5) is 4.39 Å². The molecule has 2 aromatic carbocycles. The van der Waals surface area contributed by atoms with Crippen LogP contribution in [0.3, 0.4) is 0 Å². The Kier molecular flexibility index (Phi) is 5.75. The molecule has 0 aliphatic heterocycles. The van der Waals surface area contributed by atoms with E-state index in [0.717, 1.165) is 21.3 Å². The SMILES string of the molecule is COc1ccc(Br)c(CC(NN)c2cc(F)cc(Br)c2)c1. The average Bonchev–Trinajstić information content (AvgIpc) is 2.45. The van der Waals surface area contributed by atoms with E-state index < -0.39 is 0 Å². The zero-order valence-corrected chi connectivity index (χ0v) is 14.5. The summed E-state index contributed by atoms with van der Waals surface area (Å²) in [5, 5.41) is 0. The number of halogens is 3. The van der Waals surface area contributed by atoms with Crippen LogP contribution in [0.1, 0.15) is 17.2 Å². The van der Waals surface area contributed by atoms with Gasteiger partial charge in [0.05, 0.1) is 13.2 Å². The number of benzene rings is 2. The molecule has 3 N–H and O–H groups in total. The summed E-state index contributed by atoms with van der Waals surface area (Å²) in [7, 11) is 1.62. The van der Waals surface area contributed by atoms with Crippen molar-refractivity contribution in [3.8, 4) is 5.75 Å². The molecule has 0 saturated carbocycles. The van der Waals surface area contributed by atoms with Crippen LogP contribution in [0.15, 0.2) is 45.3 Å². The van der Waals surface area contributed by atoms with Crippen molar-refractivity contribution < 1.29 is 9.13 Å². The summed E-state index contributed by atoms with van der Waals surface area (Å²) < 4.78 is 20.4. The molecule has 112 valence electrons. The van der Waals surface area contributed by atoms with E-state index in [0.29, 0.717) is 10.9 Å². The van der Waals surface area contributed by atoms with E-state index >= 15 is 0 Å². The van der Waals surface area contributed by atoms with Crippen LogP contribution in [-0.4, -0.2) is 7.11 Å². The summed E-state index contributed by atoms with van der Waals surface area (Å²) in [4.78, 5) is 0. The standard InChI is InChI=1S/C15H15Br2FN2O/c1-21-13-2-3-14(17)9(6-13)7-15(20-19)10-4-11(16)8-12(18)5-10/h2-6,8,15,20H,7,19H2,1H3. The van der Waals surface area contributed by atoms with E-state index in [1.54, 1.807) is 7.11 Å². The number of hydrazine groups is 1. The number of hydrogen-bond acceptors (Lipinski definition) is 3. The fourth-order valence-corrected chi connectivity index (χ4v) is 3.00. The van der Waals surface area contributed by atoms with Crippen LogP contribution in [-0.2, 0) is 6.42 Å². The minimum Gasteiger partial charge on any atom is -0.497 e. The van der Waals surface area contributed by atoms with Gasteiger partial charge in [0.2, 0.25) is 0 Å². The van der Waals surface area contributed by atoms with E-state index in [2.05, 4.69) is 37.3 Å². The van der Waals surface area contributed by atoms with Gasteiger partial charge in [0.15, 0.2) is 0 Å². The summed E-state index contributed by atoms with van der Waals surface area (Å²) in [5.41, 5.74) is 4.54. The van der Waals surface area contributed by atoms with Crippen LogP contribution in [0, 0.1) is 5.82 Å². The minimum absolute atomic E-state index is 0.208. The van der Waals surface area contributed by atoms with Gasteiger partial charge in [-0.25, -0.2) is 4.39 Å². The molecule has 1 unspecified atom stereocenters. The molecule has 0 fully saturated rings. The number of rotatable bonds is 5. The zero-order chi connectivity index (χ0) is 15.4. The maximum Gasteiger partial charge on any atom is 0.124 e. The molecule has 0 bridgehead atoms. The molecule has 0 saturated heterocycles. The van der Waals surface area contributed by atoms with Crippen molar-refractivity contribution >= 4 is 31.9 Å². The molecular formula is C15H15Br2FN2O. The van der Waals surface area contributed by atoms with Gasteiger partial charge in [-0.15, -0.1) is 0 Å². The molecule has 3 nitrogen and oxygen atoms in total. The third-order valence-electron chi connectivity index (χ3n) is 3.17. The first kappa shape index (κ1) is 16.4. The minimum atomic E-state index is -0.302. The van der Waals surface area contributed by atoms with Crippen molar-refractivity contribution in [2.24, 2.45) is 5.84 Å². The smallest absolute Gasteiger partial charge is 0.124 e. The van der Waals surface area contributed by atoms with Crippen molar-refractivity contribution in [2.75, 3.05) is 7.11 Å². The van der Waals surface area contributed by atoms with Crippen LogP contribution < -0.4 is 16.0 Å². The Balaban J connectivity index is 2.30. The lowest BCUT2D eigenvalue weighted by atomic mass is 9.99. The molecule has 1 atom stereocenters. The predicted octanol–water partition coefficient (Wildman–Crippen LogP) is 4.11. The second-order valence-corrected chi connectivity index (χ2v) is 6.35. The van der Waals surface area contributed by atoms with E-state index in [1.807, 2.05) is 24.3 Å². The first-order chi connectivity index (χ1) is 10.0. The largest absolute Gasteiger partial charge is 0.497 e. The van der Waals surface area contributed by atoms with Crippen LogP contribution in [0.5, 0.6) is 5.75 Å². The lowest BCUT2D eigenvalue weighted by Gasteiger charge is -2.18. The summed E-state index contributed by atoms with van der Waals surface area (Å²) in [6, 6.07) is 10.3. The molecule has 2 aromatic rings. The molecular weight excluding hydrogens is 403 g/mol. The third-order valence-corrected chi connectivity index (χ3v) is 4.40. The van der Waals surface area contributed by atoms with Crippen LogP contribution >= 0.6 is 31.9 Å². The maximum absolute atomic E-state index is 13.5. The highest BCUT2D eigenvalue weighted by Gasteiger charge is 2.15. The van der Waals surface area contributed by atoms with Gasteiger partial charge in [-0.2, -0.15) is 0 Å². The Labute approximate surface area is 139 Å². The van der Waals surface area contributed by atoms with E-state index in [-0.39, 0.29) is 11.9 Å². The van der Waals surface area contributed by atoms with Crippen molar-refractivity contribution in [2.45, 2.75) is 12.5 Å². The highest BCUT2D eigenvalue weighted by molar-refractivity contribution is 9.10. The maximum atomic E-state index is 13.5. The number of methoxy groups -OCH3 is 1. The average molecular weight is 418 g/mol. The molecule has 0 heterocycles. The lowest BCUT2D eigenvalue weighted by Crippen LogP contribution is -2.29. The quantitative estimate of drug-likeness (QED) is 0.568. The molecule has 0 aromatic heterocycles. The molecule has 0 radical (unpaired) electrons. The molecule has 0 aliphatic rings. The van der Waals surface area contributed by atoms with Gasteiger partial charge in [-0.1, -0.05) is 31.9 Å². The summed E-state index contributed by atoms with van der Waals surface area (Å²) in [6.07, 6.45) is 0.601. The van der Waals surface area contributed by atoms with Crippen LogP contribution in [0.2, 0.25) is 0 Å². The van der Waals surface area contributed by atoms with Crippen molar-refractivity contribution in [3.63, 3.8) is 0 Å². The van der Waals surface area contributed by atoms with Crippen molar-refractivity contribution in [1.29, 1.82) is 0 Å². The lowest BCUT2D eigenvalue weighted by molar-refractivity contribution is 0.413. The van der Waals surface area contributed by atoms with Crippen molar-refractivity contribution in [3.05, 3.63) is 62.3 Å². The predicted molar refractivity (Wildman–Crippen MR) is 88.6 cm³/mol. The Morgan fingerprint density at radius 3 is 2.62 bits per heavy atom. The Hall–Kier alpha value is -0.950. The molecule has 0 spiro atoms. The van der Waals surface area contributed by atoms with Gasteiger partial charge in [0.25, 0.3) is 0 Å². The fraction of sp³-hybridized carbons (Fsp3) is 0.200. The highest BCUT2D eigenvalue weighted by Crippen LogP contribution is 2.28. The van der Waals surface area contributed by atoms with Crippen molar-refractivity contribution in [1.82, 2.24) is 5.43 Å². The zero-order valence-electron chi connectivity index (χ0n) is 11.4. The van der Waals surface area contributed by atoms with Gasteiger partial charge in [0.1, 0.15) is 11.6 Å². The van der Waals surface area contributed by atoms with E-state index in [1.165, 1.54) is 12.1 Å². The molecule has 0 aliphatic carbocycles. The normalized spacial score (nSPS) is 12.2. The van der Waals surface area contributed by atoms with E-state index in [4.69, 9.17) is 10.6 Å². The monoisotopic (exact) mass is 416 g/mol. The van der Waals surface area contributed by atoms with Crippen LogP contribution in [0.25, 0.3) is 0 Å². The van der Waals surface area contributed by atoms with Gasteiger partial charge >= 0.3 is 0 Å². The molecule has 21 heavy (non-hydrogen) atoms. The summed E-state index contributed by atoms with van der Waals surface area (Å²) in [6.45, 7) is 0. The number of hydrogen-bond donors (Lipinski definition) is 2. The Morgan fingerprint density at radius 1 is 1.24 bits per heavy atom. The second-order valence-electron chi connectivity index (χ2n) is 4.58. The summed E-state index contributed by atoms with van der Waals surface area (Å²) in [5.74, 6) is 6.11. The first-order valence-electron chi connectivity index (χ1n) is 6.28. The molecule has 0 amide bonds. The third kappa shape index (κ3) is 4.26. The second kappa shape index (κ2) is 7.35. The van der Waals surface area contributed by atoms with E-state index in [9.17, 15) is 4.39 Å². The first-order valence-corrected chi connectivity index (χ1v) is 7.86. The Morgan fingerprint density at radius 2 is 2.00 bits per heavy atom. The highest BCUT2D eigenvalue weighted by atomic mass is 79.9. The number of nitrogens with two attached hydrogens (primary N) is 1. The number of nitrogens with one attached hydrogen (secondary N) is 1. The Bertz CT molecular complexity index is 617. The summed E-state index contributed by atoms with van der Waals surface area (Å²) >= 11 is 6.81. The fourth-order valence-electron chi connectivity index (χ4n) is 2.10. The molecule has 2 rings (SSSR count). The molecule has 6 heteroatoms. The number of ether oxygens (including phenoxy) is 1. The van der Waals surface area contributed by atoms with Gasteiger partial charge in [0, 0.05) is 8.95 Å².